The Morgan fingerprint density at radius 3 is 2.27 bits per heavy atom. The molecule has 0 atom stereocenters. The van der Waals surface area contributed by atoms with Gasteiger partial charge in [0.25, 0.3) is 0 Å². The monoisotopic (exact) mass is 407 g/mol. The number of amides is 1. The number of carbonyl (C=O) groups is 2. The van der Waals surface area contributed by atoms with Crippen LogP contribution in [0.2, 0.25) is 0 Å². The molecular weight excluding hydrogens is 386 g/mol. The van der Waals surface area contributed by atoms with Crippen LogP contribution in [-0.4, -0.2) is 45.3 Å². The van der Waals surface area contributed by atoms with E-state index >= 15 is 0 Å². The van der Waals surface area contributed by atoms with E-state index in [1.807, 2.05) is 48.5 Å². The number of anilines is 1. The van der Waals surface area contributed by atoms with Crippen molar-refractivity contribution >= 4 is 17.9 Å². The molecule has 0 bridgehead atoms. The molecule has 0 saturated carbocycles. The van der Waals surface area contributed by atoms with Gasteiger partial charge in [0.15, 0.2) is 0 Å². The highest BCUT2D eigenvalue weighted by atomic mass is 16.5. The second-order valence-electron chi connectivity index (χ2n) is 7.01. The first kappa shape index (κ1) is 19.7. The van der Waals surface area contributed by atoms with E-state index < -0.39 is 12.1 Å². The number of ether oxygens (including phenoxy) is 1. The number of carbonyl (C=O) groups excluding carboxylic acids is 1. The Morgan fingerprint density at radius 1 is 1.10 bits per heavy atom. The summed E-state index contributed by atoms with van der Waals surface area (Å²) in [5, 5.41) is 25.2. The highest BCUT2D eigenvalue weighted by molar-refractivity contribution is 5.98. The van der Waals surface area contributed by atoms with Gasteiger partial charge in [-0.25, -0.2) is 14.3 Å². The Morgan fingerprint density at radius 2 is 1.70 bits per heavy atom. The number of hydrogen-bond donors (Lipinski definition) is 3. The normalized spacial score (nSPS) is 12.3. The molecule has 0 fully saturated rings. The lowest BCUT2D eigenvalue weighted by Gasteiger charge is -2.15. The highest BCUT2D eigenvalue weighted by Gasteiger charge is 2.29. The molecule has 154 valence electrons. The zero-order valence-corrected chi connectivity index (χ0v) is 16.3. The van der Waals surface area contributed by atoms with Crippen molar-refractivity contribution in [2.75, 3.05) is 18.5 Å². The number of aryl methyl sites for hydroxylation is 1. The maximum Gasteiger partial charge on any atom is 0.412 e. The van der Waals surface area contributed by atoms with Crippen LogP contribution in [0, 0.1) is 6.92 Å². The Balaban J connectivity index is 1.54. The summed E-state index contributed by atoms with van der Waals surface area (Å²) < 4.78 is 6.72. The third-order valence-corrected chi connectivity index (χ3v) is 5.22. The summed E-state index contributed by atoms with van der Waals surface area (Å²) in [5.41, 5.74) is 4.51. The lowest BCUT2D eigenvalue weighted by molar-refractivity contribution is 0.0697. The average Bonchev–Trinajstić information content (AvgIpc) is 3.21. The minimum atomic E-state index is -1.22. The van der Waals surface area contributed by atoms with Gasteiger partial charge in [0.05, 0.1) is 18.8 Å². The zero-order valence-electron chi connectivity index (χ0n) is 16.3. The van der Waals surface area contributed by atoms with Crippen molar-refractivity contribution in [3.05, 3.63) is 70.9 Å². The number of benzene rings is 2. The molecule has 1 aliphatic carbocycles. The summed E-state index contributed by atoms with van der Waals surface area (Å²) in [6.07, 6.45) is -0.779. The van der Waals surface area contributed by atoms with Crippen molar-refractivity contribution in [1.29, 1.82) is 0 Å². The third-order valence-electron chi connectivity index (χ3n) is 5.22. The SMILES string of the molecule is Cc1nn(CCO)c(NC(=O)OCC2c3ccccc3-c3ccccc32)c1C(=O)O. The van der Waals surface area contributed by atoms with Gasteiger partial charge >= 0.3 is 12.1 Å². The quantitative estimate of drug-likeness (QED) is 0.578. The first-order chi connectivity index (χ1) is 14.5. The van der Waals surface area contributed by atoms with E-state index in [1.54, 1.807) is 0 Å². The molecule has 0 spiro atoms. The molecule has 0 unspecified atom stereocenters. The summed E-state index contributed by atoms with van der Waals surface area (Å²) in [6, 6.07) is 16.0. The number of carboxylic acids is 1. The highest BCUT2D eigenvalue weighted by Crippen LogP contribution is 2.44. The van der Waals surface area contributed by atoms with Crippen LogP contribution < -0.4 is 5.32 Å². The molecule has 1 aliphatic rings. The van der Waals surface area contributed by atoms with E-state index in [2.05, 4.69) is 10.4 Å². The second kappa shape index (κ2) is 8.00. The summed E-state index contributed by atoms with van der Waals surface area (Å²) in [7, 11) is 0. The molecule has 1 heterocycles. The smallest absolute Gasteiger partial charge is 0.412 e. The Bertz CT molecular complexity index is 1080. The molecule has 2 aromatic carbocycles. The third kappa shape index (κ3) is 3.42. The number of aromatic nitrogens is 2. The molecule has 3 N–H and O–H groups in total. The fourth-order valence-corrected chi connectivity index (χ4v) is 3.95. The van der Waals surface area contributed by atoms with Crippen LogP contribution in [0.5, 0.6) is 0 Å². The number of fused-ring (bicyclic) bond motifs is 3. The lowest BCUT2D eigenvalue weighted by atomic mass is 9.98. The number of hydrogen-bond acceptors (Lipinski definition) is 5. The van der Waals surface area contributed by atoms with Crippen molar-refractivity contribution in [3.8, 4) is 11.1 Å². The van der Waals surface area contributed by atoms with Crippen LogP contribution >= 0.6 is 0 Å². The van der Waals surface area contributed by atoms with Crippen LogP contribution in [0.4, 0.5) is 10.6 Å². The first-order valence-corrected chi connectivity index (χ1v) is 9.54. The van der Waals surface area contributed by atoms with E-state index in [4.69, 9.17) is 4.74 Å². The number of aliphatic hydroxyl groups excluding tert-OH is 1. The topological polar surface area (TPSA) is 114 Å². The molecule has 0 radical (unpaired) electrons. The summed E-state index contributed by atoms with van der Waals surface area (Å²) in [4.78, 5) is 24.1. The zero-order chi connectivity index (χ0) is 21.3. The van der Waals surface area contributed by atoms with Crippen molar-refractivity contribution in [2.24, 2.45) is 0 Å². The van der Waals surface area contributed by atoms with Gasteiger partial charge in [-0.2, -0.15) is 5.10 Å². The fourth-order valence-electron chi connectivity index (χ4n) is 3.95. The Labute approximate surface area is 172 Å². The number of nitrogens with zero attached hydrogens (tertiary/aromatic N) is 2. The van der Waals surface area contributed by atoms with Gasteiger partial charge in [-0.3, -0.25) is 5.32 Å². The fraction of sp³-hybridized carbons (Fsp3) is 0.227. The van der Waals surface area contributed by atoms with Crippen LogP contribution in [0.1, 0.15) is 33.1 Å². The van der Waals surface area contributed by atoms with Crippen molar-refractivity contribution in [3.63, 3.8) is 0 Å². The summed E-state index contributed by atoms with van der Waals surface area (Å²) in [6.45, 7) is 1.43. The number of carboxylic acid groups (broad SMARTS) is 1. The molecule has 3 aromatic rings. The predicted molar refractivity (Wildman–Crippen MR) is 110 cm³/mol. The minimum Gasteiger partial charge on any atom is -0.477 e. The van der Waals surface area contributed by atoms with Crippen molar-refractivity contribution in [2.45, 2.75) is 19.4 Å². The standard InChI is InChI=1S/C22H21N3O5/c1-13-19(21(27)28)20(25(24-13)10-11-26)23-22(29)30-12-18-16-8-4-2-6-14(16)15-7-3-5-9-17(15)18/h2-9,18,26H,10-12H2,1H3,(H,23,29)(H,27,28). The lowest BCUT2D eigenvalue weighted by Crippen LogP contribution is -2.21. The van der Waals surface area contributed by atoms with Crippen LogP contribution in [0.25, 0.3) is 11.1 Å². The molecule has 4 rings (SSSR count). The molecule has 1 aromatic heterocycles. The maximum absolute atomic E-state index is 12.5. The number of rotatable bonds is 6. The van der Waals surface area contributed by atoms with Crippen molar-refractivity contribution < 1.29 is 24.5 Å². The van der Waals surface area contributed by atoms with Gasteiger partial charge in [0.2, 0.25) is 0 Å². The maximum atomic E-state index is 12.5. The van der Waals surface area contributed by atoms with Gasteiger partial charge < -0.3 is 14.9 Å². The predicted octanol–water partition coefficient (Wildman–Crippen LogP) is 3.24. The Kier molecular flexibility index (Phi) is 5.24. The van der Waals surface area contributed by atoms with Gasteiger partial charge in [-0.1, -0.05) is 48.5 Å². The molecule has 0 aliphatic heterocycles. The second-order valence-corrected chi connectivity index (χ2v) is 7.01. The van der Waals surface area contributed by atoms with Gasteiger partial charge in [-0.15, -0.1) is 0 Å². The molecule has 1 amide bonds. The van der Waals surface area contributed by atoms with E-state index in [0.29, 0.717) is 0 Å². The van der Waals surface area contributed by atoms with E-state index in [-0.39, 0.29) is 42.8 Å². The van der Waals surface area contributed by atoms with Gasteiger partial charge in [-0.05, 0) is 29.2 Å². The van der Waals surface area contributed by atoms with E-state index in [9.17, 15) is 19.8 Å². The van der Waals surface area contributed by atoms with Crippen LogP contribution in [0.3, 0.4) is 0 Å². The first-order valence-electron chi connectivity index (χ1n) is 9.54. The summed E-state index contributed by atoms with van der Waals surface area (Å²) >= 11 is 0. The molecule has 8 nitrogen and oxygen atoms in total. The van der Waals surface area contributed by atoms with Crippen LogP contribution in [0.15, 0.2) is 48.5 Å². The molecule has 30 heavy (non-hydrogen) atoms. The summed E-state index contributed by atoms with van der Waals surface area (Å²) in [5.74, 6) is -1.33. The molecular formula is C22H21N3O5. The van der Waals surface area contributed by atoms with E-state index in [1.165, 1.54) is 11.6 Å². The number of aromatic carboxylic acids is 1. The molecule has 0 saturated heterocycles. The number of nitrogens with one attached hydrogen (secondary N) is 1. The molecule has 8 heteroatoms. The largest absolute Gasteiger partial charge is 0.477 e. The van der Waals surface area contributed by atoms with Gasteiger partial charge in [0, 0.05) is 5.92 Å². The van der Waals surface area contributed by atoms with Crippen LogP contribution in [-0.2, 0) is 11.3 Å². The van der Waals surface area contributed by atoms with Gasteiger partial charge in [0.1, 0.15) is 18.0 Å². The van der Waals surface area contributed by atoms with Crippen molar-refractivity contribution in [1.82, 2.24) is 9.78 Å². The number of aliphatic hydroxyl groups is 1. The van der Waals surface area contributed by atoms with E-state index in [0.717, 1.165) is 22.3 Å². The minimum absolute atomic E-state index is 0.00808. The average molecular weight is 407 g/mol. The Hall–Kier alpha value is -3.65.